The highest BCUT2D eigenvalue weighted by Gasteiger charge is 2.38. The summed E-state index contributed by atoms with van der Waals surface area (Å²) >= 11 is 0. The molecule has 1 aromatic heterocycles. The zero-order chi connectivity index (χ0) is 22.5. The van der Waals surface area contributed by atoms with Crippen LogP contribution in [0, 0.1) is 19.7 Å². The largest absolute Gasteiger partial charge is 0.451 e. The van der Waals surface area contributed by atoms with Crippen molar-refractivity contribution >= 4 is 34.4 Å². The van der Waals surface area contributed by atoms with Crippen molar-refractivity contribution in [3.8, 4) is 0 Å². The molecule has 1 atom stereocenters. The van der Waals surface area contributed by atoms with E-state index in [1.165, 1.54) is 30.1 Å². The minimum absolute atomic E-state index is 0.0146. The summed E-state index contributed by atoms with van der Waals surface area (Å²) in [7, 11) is 1.52. The molecule has 2 amide bonds. The lowest BCUT2D eigenvalue weighted by Crippen LogP contribution is -2.47. The second kappa shape index (κ2) is 7.23. The molecule has 4 rings (SSSR count). The van der Waals surface area contributed by atoms with Crippen LogP contribution in [0.15, 0.2) is 45.8 Å². The fourth-order valence-corrected chi connectivity index (χ4v) is 3.82. The highest BCUT2D eigenvalue weighted by Crippen LogP contribution is 2.36. The summed E-state index contributed by atoms with van der Waals surface area (Å²) in [5, 5.41) is 3.62. The Kier molecular flexibility index (Phi) is 4.80. The van der Waals surface area contributed by atoms with E-state index in [-0.39, 0.29) is 29.6 Å². The molecule has 0 saturated carbocycles. The second-order valence-electron chi connectivity index (χ2n) is 8.08. The third-order valence-electron chi connectivity index (χ3n) is 5.68. The first kappa shape index (κ1) is 20.6. The lowest BCUT2D eigenvalue weighted by molar-refractivity contribution is -0.128. The molecule has 1 aliphatic heterocycles. The molecule has 0 aliphatic carbocycles. The van der Waals surface area contributed by atoms with Gasteiger partial charge in [0.1, 0.15) is 11.4 Å². The Hall–Kier alpha value is -3.68. The van der Waals surface area contributed by atoms with Gasteiger partial charge in [0.25, 0.3) is 5.91 Å². The number of hydrogen-bond donors (Lipinski definition) is 2. The van der Waals surface area contributed by atoms with E-state index < -0.39 is 17.3 Å². The summed E-state index contributed by atoms with van der Waals surface area (Å²) < 4.78 is 20.4. The van der Waals surface area contributed by atoms with Gasteiger partial charge in [-0.2, -0.15) is 0 Å². The lowest BCUT2D eigenvalue weighted by Gasteiger charge is -2.34. The molecule has 0 spiro atoms. The van der Waals surface area contributed by atoms with Gasteiger partial charge in [0, 0.05) is 29.2 Å². The van der Waals surface area contributed by atoms with E-state index in [0.717, 1.165) is 16.5 Å². The number of halogens is 1. The van der Waals surface area contributed by atoms with Gasteiger partial charge in [-0.15, -0.1) is 0 Å². The number of furan rings is 1. The standard InChI is InChI=1S/C23H23FN4O3/c1-12-5-8-18-15(9-12)13(2)20(31-18)21(30)26-14-6-7-17(24)16(10-14)23(3)11-19(29)28(4)22(25)27-23/h5-10H,11H2,1-4H3,(H2,25,27)(H,26,30). The number of carbonyl (C=O) groups excluding carboxylic acids is 2. The van der Waals surface area contributed by atoms with Crippen molar-refractivity contribution in [1.82, 2.24) is 4.90 Å². The molecule has 0 bridgehead atoms. The molecule has 1 aliphatic rings. The average Bonchev–Trinajstić information content (AvgIpc) is 3.03. The Labute approximate surface area is 178 Å². The molecular formula is C23H23FN4O3. The Balaban J connectivity index is 1.67. The number of anilines is 1. The number of aryl methyl sites for hydroxylation is 2. The quantitative estimate of drug-likeness (QED) is 0.670. The molecule has 31 heavy (non-hydrogen) atoms. The van der Waals surface area contributed by atoms with Crippen LogP contribution in [0.2, 0.25) is 0 Å². The maximum atomic E-state index is 14.7. The van der Waals surface area contributed by atoms with Crippen LogP contribution < -0.4 is 11.1 Å². The van der Waals surface area contributed by atoms with Crippen LogP contribution in [0.3, 0.4) is 0 Å². The zero-order valence-electron chi connectivity index (χ0n) is 17.7. The monoisotopic (exact) mass is 422 g/mol. The van der Waals surface area contributed by atoms with Gasteiger partial charge in [0.15, 0.2) is 11.7 Å². The van der Waals surface area contributed by atoms with Crippen LogP contribution >= 0.6 is 0 Å². The summed E-state index contributed by atoms with van der Waals surface area (Å²) in [6, 6.07) is 9.86. The first-order chi connectivity index (χ1) is 14.6. The predicted molar refractivity (Wildman–Crippen MR) is 116 cm³/mol. The number of rotatable bonds is 3. The number of benzene rings is 2. The number of aliphatic imine (C=N–C) groups is 1. The van der Waals surface area contributed by atoms with Crippen molar-refractivity contribution in [2.24, 2.45) is 10.7 Å². The summed E-state index contributed by atoms with van der Waals surface area (Å²) in [6.07, 6.45) is -0.0411. The minimum atomic E-state index is -1.18. The second-order valence-corrected chi connectivity index (χ2v) is 8.08. The fraction of sp³-hybridized carbons (Fsp3) is 0.261. The first-order valence-corrected chi connectivity index (χ1v) is 9.82. The summed E-state index contributed by atoms with van der Waals surface area (Å²) in [5.41, 5.74) is 7.61. The van der Waals surface area contributed by atoms with E-state index in [2.05, 4.69) is 10.3 Å². The topological polar surface area (TPSA) is 101 Å². The molecule has 2 aromatic carbocycles. The van der Waals surface area contributed by atoms with Gasteiger partial charge in [-0.05, 0) is 51.1 Å². The molecule has 3 aromatic rings. The van der Waals surface area contributed by atoms with E-state index in [9.17, 15) is 14.0 Å². The molecule has 1 unspecified atom stereocenters. The molecule has 0 radical (unpaired) electrons. The Morgan fingerprint density at radius 1 is 1.26 bits per heavy atom. The molecule has 3 N–H and O–H groups in total. The van der Waals surface area contributed by atoms with E-state index in [0.29, 0.717) is 11.3 Å². The first-order valence-electron chi connectivity index (χ1n) is 9.82. The third kappa shape index (κ3) is 3.54. The fourth-order valence-electron chi connectivity index (χ4n) is 3.82. The van der Waals surface area contributed by atoms with E-state index in [1.807, 2.05) is 32.0 Å². The molecular weight excluding hydrogens is 399 g/mol. The van der Waals surface area contributed by atoms with Crippen molar-refractivity contribution in [3.63, 3.8) is 0 Å². The van der Waals surface area contributed by atoms with Crippen molar-refractivity contribution in [2.45, 2.75) is 32.7 Å². The third-order valence-corrected chi connectivity index (χ3v) is 5.68. The van der Waals surface area contributed by atoms with Crippen molar-refractivity contribution in [3.05, 3.63) is 64.7 Å². The Morgan fingerprint density at radius 2 is 2.00 bits per heavy atom. The van der Waals surface area contributed by atoms with Crippen molar-refractivity contribution in [2.75, 3.05) is 12.4 Å². The number of hydrogen-bond acceptors (Lipinski definition) is 5. The van der Waals surface area contributed by atoms with Crippen LogP contribution in [-0.2, 0) is 10.3 Å². The number of nitrogens with one attached hydrogen (secondary N) is 1. The van der Waals surface area contributed by atoms with Crippen molar-refractivity contribution < 1.29 is 18.4 Å². The number of amides is 2. The Bertz CT molecular complexity index is 1260. The predicted octanol–water partition coefficient (Wildman–Crippen LogP) is 3.83. The molecule has 2 heterocycles. The smallest absolute Gasteiger partial charge is 0.291 e. The molecule has 0 fully saturated rings. The number of carbonyl (C=O) groups is 2. The zero-order valence-corrected chi connectivity index (χ0v) is 17.7. The lowest BCUT2D eigenvalue weighted by atomic mass is 9.87. The van der Waals surface area contributed by atoms with Gasteiger partial charge in [0.05, 0.1) is 12.0 Å². The summed E-state index contributed by atoms with van der Waals surface area (Å²) in [5.74, 6) is -1.05. The minimum Gasteiger partial charge on any atom is -0.451 e. The molecule has 7 nitrogen and oxygen atoms in total. The molecule has 160 valence electrons. The summed E-state index contributed by atoms with van der Waals surface area (Å²) in [6.45, 7) is 5.43. The highest BCUT2D eigenvalue weighted by atomic mass is 19.1. The van der Waals surface area contributed by atoms with Gasteiger partial charge in [-0.25, -0.2) is 9.38 Å². The maximum Gasteiger partial charge on any atom is 0.291 e. The van der Waals surface area contributed by atoms with Gasteiger partial charge >= 0.3 is 0 Å². The molecule has 0 saturated heterocycles. The van der Waals surface area contributed by atoms with Gasteiger partial charge in [0.2, 0.25) is 5.91 Å². The maximum absolute atomic E-state index is 14.7. The van der Waals surface area contributed by atoms with E-state index >= 15 is 0 Å². The van der Waals surface area contributed by atoms with Crippen LogP contribution in [-0.4, -0.2) is 29.7 Å². The number of nitrogens with two attached hydrogens (primary N) is 1. The number of nitrogens with zero attached hydrogens (tertiary/aromatic N) is 2. The van der Waals surface area contributed by atoms with Crippen LogP contribution in [0.25, 0.3) is 11.0 Å². The summed E-state index contributed by atoms with van der Waals surface area (Å²) in [4.78, 5) is 30.7. The normalized spacial score (nSPS) is 18.9. The SMILES string of the molecule is Cc1ccc2oc(C(=O)Nc3ccc(F)c(C4(C)CC(=O)N(C)C(N)=N4)c3)c(C)c2c1. The van der Waals surface area contributed by atoms with E-state index in [4.69, 9.17) is 10.2 Å². The van der Waals surface area contributed by atoms with Gasteiger partial charge < -0.3 is 15.5 Å². The highest BCUT2D eigenvalue weighted by molar-refractivity contribution is 6.06. The molecule has 8 heteroatoms. The van der Waals surface area contributed by atoms with Crippen LogP contribution in [0.4, 0.5) is 10.1 Å². The van der Waals surface area contributed by atoms with Gasteiger partial charge in [-0.3, -0.25) is 14.5 Å². The van der Waals surface area contributed by atoms with Crippen LogP contribution in [0.1, 0.15) is 40.6 Å². The van der Waals surface area contributed by atoms with Crippen LogP contribution in [0.5, 0.6) is 0 Å². The number of guanidine groups is 1. The Morgan fingerprint density at radius 3 is 2.71 bits per heavy atom. The van der Waals surface area contributed by atoms with Gasteiger partial charge in [-0.1, -0.05) is 11.6 Å². The average molecular weight is 422 g/mol. The number of fused-ring (bicyclic) bond motifs is 1. The van der Waals surface area contributed by atoms with E-state index in [1.54, 1.807) is 6.92 Å². The van der Waals surface area contributed by atoms with Crippen molar-refractivity contribution in [1.29, 1.82) is 0 Å².